The van der Waals surface area contributed by atoms with Gasteiger partial charge in [-0.1, -0.05) is 31.2 Å². The number of ether oxygens (including phenoxy) is 1. The highest BCUT2D eigenvalue weighted by Gasteiger charge is 2.23. The van der Waals surface area contributed by atoms with Gasteiger partial charge >= 0.3 is 0 Å². The molecule has 0 aliphatic carbocycles. The molecule has 0 saturated heterocycles. The highest BCUT2D eigenvalue weighted by Crippen LogP contribution is 2.23. The van der Waals surface area contributed by atoms with Crippen molar-refractivity contribution in [3.8, 4) is 0 Å². The van der Waals surface area contributed by atoms with Crippen LogP contribution in [-0.2, 0) is 16.8 Å². The number of benzene rings is 1. The Morgan fingerprint density at radius 2 is 2.20 bits per heavy atom. The maximum absolute atomic E-state index is 9.35. The molecule has 0 aromatic heterocycles. The van der Waals surface area contributed by atoms with E-state index in [0.717, 1.165) is 11.1 Å². The lowest BCUT2D eigenvalue weighted by Gasteiger charge is -2.26. The Labute approximate surface area is 90.9 Å². The third-order valence-electron chi connectivity index (χ3n) is 2.73. The van der Waals surface area contributed by atoms with Gasteiger partial charge in [0.2, 0.25) is 0 Å². The molecule has 3 N–H and O–H groups in total. The molecule has 1 rings (SSSR count). The van der Waals surface area contributed by atoms with E-state index in [4.69, 9.17) is 10.5 Å². The van der Waals surface area contributed by atoms with Gasteiger partial charge in [-0.25, -0.2) is 0 Å². The van der Waals surface area contributed by atoms with E-state index >= 15 is 0 Å². The van der Waals surface area contributed by atoms with Crippen molar-refractivity contribution in [3.05, 3.63) is 35.4 Å². The van der Waals surface area contributed by atoms with Gasteiger partial charge in [0, 0.05) is 19.1 Å². The van der Waals surface area contributed by atoms with E-state index in [0.29, 0.717) is 13.2 Å². The van der Waals surface area contributed by atoms with Crippen LogP contribution in [0, 0.1) is 0 Å². The van der Waals surface area contributed by atoms with Gasteiger partial charge in [-0.05, 0) is 11.1 Å². The van der Waals surface area contributed by atoms with Crippen molar-refractivity contribution in [2.24, 2.45) is 5.73 Å². The summed E-state index contributed by atoms with van der Waals surface area (Å²) in [5.41, 5.74) is 7.48. The van der Waals surface area contributed by atoms with Crippen LogP contribution in [0.1, 0.15) is 18.1 Å². The first kappa shape index (κ1) is 12.2. The number of rotatable bonds is 5. The summed E-state index contributed by atoms with van der Waals surface area (Å²) in [7, 11) is 1.67. The molecule has 0 heterocycles. The average Bonchev–Trinajstić information content (AvgIpc) is 2.29. The summed E-state index contributed by atoms with van der Waals surface area (Å²) in [4.78, 5) is 0. The number of hydrogen-bond acceptors (Lipinski definition) is 3. The number of nitrogens with two attached hydrogens (primary N) is 1. The molecule has 0 amide bonds. The summed E-state index contributed by atoms with van der Waals surface area (Å²) in [6.45, 7) is 3.03. The largest absolute Gasteiger partial charge is 0.395 e. The molecule has 1 aromatic carbocycles. The minimum atomic E-state index is -0.357. The van der Waals surface area contributed by atoms with Crippen LogP contribution in [0.15, 0.2) is 24.3 Å². The lowest BCUT2D eigenvalue weighted by molar-refractivity contribution is 0.184. The first-order valence-corrected chi connectivity index (χ1v) is 5.05. The molecule has 84 valence electrons. The molecule has 1 atom stereocenters. The molecule has 0 saturated carbocycles. The standard InChI is InChI=1S/C12H19NO2/c1-12(8-13,9-14)11-5-3-4-10(6-11)7-15-2/h3-6,14H,7-9,13H2,1-2H3. The monoisotopic (exact) mass is 209 g/mol. The second kappa shape index (κ2) is 5.26. The third kappa shape index (κ3) is 2.78. The maximum atomic E-state index is 9.35. The molecule has 0 radical (unpaired) electrons. The molecule has 15 heavy (non-hydrogen) atoms. The molecule has 1 aromatic rings. The van der Waals surface area contributed by atoms with Crippen molar-refractivity contribution in [2.45, 2.75) is 18.9 Å². The van der Waals surface area contributed by atoms with Gasteiger partial charge in [0.05, 0.1) is 13.2 Å². The Bertz CT molecular complexity index is 308. The molecule has 0 spiro atoms. The smallest absolute Gasteiger partial charge is 0.0713 e. The second-order valence-corrected chi connectivity index (χ2v) is 4.06. The van der Waals surface area contributed by atoms with Crippen LogP contribution in [0.3, 0.4) is 0 Å². The van der Waals surface area contributed by atoms with Crippen LogP contribution < -0.4 is 5.73 Å². The molecule has 3 heteroatoms. The summed E-state index contributed by atoms with van der Waals surface area (Å²) in [6.07, 6.45) is 0. The normalized spacial score (nSPS) is 14.9. The fourth-order valence-corrected chi connectivity index (χ4v) is 1.48. The number of methoxy groups -OCH3 is 1. The van der Waals surface area contributed by atoms with Crippen LogP contribution in [0.4, 0.5) is 0 Å². The number of hydrogen-bond donors (Lipinski definition) is 2. The van der Waals surface area contributed by atoms with Gasteiger partial charge in [0.15, 0.2) is 0 Å². The van der Waals surface area contributed by atoms with E-state index in [1.54, 1.807) is 7.11 Å². The Morgan fingerprint density at radius 3 is 2.73 bits per heavy atom. The topological polar surface area (TPSA) is 55.5 Å². The lowest BCUT2D eigenvalue weighted by Crippen LogP contribution is -2.35. The molecule has 0 aliphatic heterocycles. The minimum Gasteiger partial charge on any atom is -0.395 e. The Balaban J connectivity index is 2.98. The van der Waals surface area contributed by atoms with Crippen molar-refractivity contribution in [3.63, 3.8) is 0 Å². The SMILES string of the molecule is COCc1cccc(C(C)(CN)CO)c1. The summed E-state index contributed by atoms with van der Waals surface area (Å²) < 4.78 is 5.07. The molecule has 0 bridgehead atoms. The van der Waals surface area contributed by atoms with Crippen molar-refractivity contribution >= 4 is 0 Å². The lowest BCUT2D eigenvalue weighted by atomic mass is 9.83. The highest BCUT2D eigenvalue weighted by atomic mass is 16.5. The van der Waals surface area contributed by atoms with Crippen LogP contribution >= 0.6 is 0 Å². The summed E-state index contributed by atoms with van der Waals surface area (Å²) >= 11 is 0. The Hall–Kier alpha value is -0.900. The van der Waals surface area contributed by atoms with Gasteiger partial charge in [-0.2, -0.15) is 0 Å². The summed E-state index contributed by atoms with van der Waals surface area (Å²) in [6, 6.07) is 7.99. The van der Waals surface area contributed by atoms with Gasteiger partial charge in [-0.3, -0.25) is 0 Å². The number of aliphatic hydroxyl groups is 1. The predicted octanol–water partition coefficient (Wildman–Crippen LogP) is 1.04. The zero-order chi connectivity index (χ0) is 11.3. The molecular formula is C12H19NO2. The quantitative estimate of drug-likeness (QED) is 0.762. The Kier molecular flexibility index (Phi) is 4.27. The van der Waals surface area contributed by atoms with Crippen molar-refractivity contribution in [1.82, 2.24) is 0 Å². The maximum Gasteiger partial charge on any atom is 0.0713 e. The van der Waals surface area contributed by atoms with E-state index in [-0.39, 0.29) is 12.0 Å². The van der Waals surface area contributed by atoms with E-state index in [2.05, 4.69) is 0 Å². The van der Waals surface area contributed by atoms with Crippen LogP contribution in [0.2, 0.25) is 0 Å². The zero-order valence-electron chi connectivity index (χ0n) is 9.36. The molecule has 0 aliphatic rings. The van der Waals surface area contributed by atoms with Crippen molar-refractivity contribution < 1.29 is 9.84 Å². The second-order valence-electron chi connectivity index (χ2n) is 4.06. The van der Waals surface area contributed by atoms with Gasteiger partial charge in [-0.15, -0.1) is 0 Å². The minimum absolute atomic E-state index is 0.0555. The first-order chi connectivity index (χ1) is 7.16. The van der Waals surface area contributed by atoms with Gasteiger partial charge in [0.1, 0.15) is 0 Å². The van der Waals surface area contributed by atoms with Gasteiger partial charge < -0.3 is 15.6 Å². The van der Waals surface area contributed by atoms with Crippen LogP contribution in [-0.4, -0.2) is 25.4 Å². The van der Waals surface area contributed by atoms with E-state index in [1.165, 1.54) is 0 Å². The van der Waals surface area contributed by atoms with Crippen LogP contribution in [0.25, 0.3) is 0 Å². The van der Waals surface area contributed by atoms with Crippen molar-refractivity contribution in [2.75, 3.05) is 20.3 Å². The first-order valence-electron chi connectivity index (χ1n) is 5.05. The zero-order valence-corrected chi connectivity index (χ0v) is 9.36. The van der Waals surface area contributed by atoms with Crippen molar-refractivity contribution in [1.29, 1.82) is 0 Å². The number of aliphatic hydroxyl groups excluding tert-OH is 1. The molecule has 0 fully saturated rings. The fraction of sp³-hybridized carbons (Fsp3) is 0.500. The Morgan fingerprint density at radius 1 is 1.47 bits per heavy atom. The highest BCUT2D eigenvalue weighted by molar-refractivity contribution is 5.30. The third-order valence-corrected chi connectivity index (χ3v) is 2.73. The summed E-state index contributed by atoms with van der Waals surface area (Å²) in [5, 5.41) is 9.35. The van der Waals surface area contributed by atoms with E-state index in [1.807, 2.05) is 31.2 Å². The fourth-order valence-electron chi connectivity index (χ4n) is 1.48. The predicted molar refractivity (Wildman–Crippen MR) is 60.6 cm³/mol. The van der Waals surface area contributed by atoms with E-state index in [9.17, 15) is 5.11 Å². The average molecular weight is 209 g/mol. The van der Waals surface area contributed by atoms with E-state index < -0.39 is 0 Å². The summed E-state index contributed by atoms with van der Waals surface area (Å²) in [5.74, 6) is 0. The molecule has 3 nitrogen and oxygen atoms in total. The molecule has 1 unspecified atom stereocenters. The van der Waals surface area contributed by atoms with Gasteiger partial charge in [0.25, 0.3) is 0 Å². The molecular weight excluding hydrogens is 190 g/mol. The van der Waals surface area contributed by atoms with Crippen LogP contribution in [0.5, 0.6) is 0 Å².